The van der Waals surface area contributed by atoms with Gasteiger partial charge < -0.3 is 30.1 Å². The molecule has 0 bridgehead atoms. The minimum Gasteiger partial charge on any atom is -0.497 e. The second kappa shape index (κ2) is 14.9. The quantitative estimate of drug-likeness (QED) is 0.190. The number of aliphatic hydroxyl groups is 1. The van der Waals surface area contributed by atoms with Crippen LogP contribution in [-0.4, -0.2) is 72.8 Å². The fraction of sp³-hybridized carbons (Fsp3) is 0.297. The Morgan fingerprint density at radius 1 is 0.978 bits per heavy atom. The lowest BCUT2D eigenvalue weighted by Gasteiger charge is -2.38. The van der Waals surface area contributed by atoms with E-state index in [2.05, 4.69) is 58.9 Å². The molecular formula is C37H42N4O5. The van der Waals surface area contributed by atoms with Crippen LogP contribution >= 0.6 is 0 Å². The number of nitrogens with one attached hydrogen (secondary N) is 2. The average molecular weight is 623 g/mol. The summed E-state index contributed by atoms with van der Waals surface area (Å²) in [5.74, 6) is 0.658. The van der Waals surface area contributed by atoms with Gasteiger partial charge in [-0.2, -0.15) is 0 Å². The summed E-state index contributed by atoms with van der Waals surface area (Å²) in [6.07, 6.45) is -0.318. The van der Waals surface area contributed by atoms with Crippen LogP contribution in [0.3, 0.4) is 0 Å². The minimum atomic E-state index is -0.474. The normalized spacial score (nSPS) is 16.9. The number of hydrogen-bond donors (Lipinski definition) is 3. The number of likely N-dealkylation sites (N-methyl/N-ethyl adjacent to an activating group) is 1. The number of rotatable bonds is 10. The number of urea groups is 1. The monoisotopic (exact) mass is 622 g/mol. The van der Waals surface area contributed by atoms with Crippen LogP contribution in [0.2, 0.25) is 0 Å². The molecule has 1 heterocycles. The number of aliphatic hydroxyl groups excluding tert-OH is 1. The summed E-state index contributed by atoms with van der Waals surface area (Å²) in [7, 11) is 3.63. The Balaban J connectivity index is 1.36. The Bertz CT molecular complexity index is 1610. The molecule has 1 aliphatic rings. The summed E-state index contributed by atoms with van der Waals surface area (Å²) in [5.41, 5.74) is 4.81. The van der Waals surface area contributed by atoms with Crippen molar-refractivity contribution in [3.8, 4) is 22.6 Å². The fourth-order valence-corrected chi connectivity index (χ4v) is 5.64. The number of carbonyl (C=O) groups is 2. The number of fused-ring (bicyclic) bond motifs is 1. The van der Waals surface area contributed by atoms with E-state index in [0.29, 0.717) is 48.1 Å². The molecule has 4 aromatic rings. The third kappa shape index (κ3) is 7.85. The van der Waals surface area contributed by atoms with Crippen molar-refractivity contribution in [3.63, 3.8) is 0 Å². The number of carbonyl (C=O) groups excluding carboxylic acids is 2. The van der Waals surface area contributed by atoms with Gasteiger partial charge in [0.1, 0.15) is 11.9 Å². The first kappa shape index (κ1) is 32.5. The van der Waals surface area contributed by atoms with Crippen LogP contribution in [0.25, 0.3) is 11.1 Å². The maximum Gasteiger partial charge on any atom is 0.323 e. The van der Waals surface area contributed by atoms with Gasteiger partial charge in [0.05, 0.1) is 31.0 Å². The average Bonchev–Trinajstić information content (AvgIpc) is 3.07. The third-order valence-corrected chi connectivity index (χ3v) is 8.29. The summed E-state index contributed by atoms with van der Waals surface area (Å²) in [5, 5.41) is 15.7. The SMILES string of the molecule is COc1ccc(NC(=O)Nc2cccc3c2O[C@@H](CN(C)Cc2ccc(-c4ccccc4)cc2)[C@H](C)CN([C@H](C)CO)C3=O)cc1. The van der Waals surface area contributed by atoms with Crippen molar-refractivity contribution in [2.45, 2.75) is 32.5 Å². The van der Waals surface area contributed by atoms with Crippen molar-refractivity contribution < 1.29 is 24.2 Å². The van der Waals surface area contributed by atoms with E-state index in [1.165, 1.54) is 16.7 Å². The molecule has 0 aromatic heterocycles. The van der Waals surface area contributed by atoms with Gasteiger partial charge in [0.15, 0.2) is 5.75 Å². The molecule has 4 aromatic carbocycles. The Labute approximate surface area is 270 Å². The van der Waals surface area contributed by atoms with Crippen molar-refractivity contribution in [2.75, 3.05) is 44.5 Å². The second-order valence-electron chi connectivity index (χ2n) is 11.9. The Morgan fingerprint density at radius 2 is 1.67 bits per heavy atom. The van der Waals surface area contributed by atoms with Crippen molar-refractivity contribution >= 4 is 23.3 Å². The second-order valence-corrected chi connectivity index (χ2v) is 11.9. The predicted octanol–water partition coefficient (Wildman–Crippen LogP) is 6.36. The maximum atomic E-state index is 13.8. The highest BCUT2D eigenvalue weighted by atomic mass is 16.5. The topological polar surface area (TPSA) is 103 Å². The van der Waals surface area contributed by atoms with Crippen molar-refractivity contribution in [1.29, 1.82) is 0 Å². The number of para-hydroxylation sites is 1. The molecule has 9 nitrogen and oxygen atoms in total. The van der Waals surface area contributed by atoms with E-state index < -0.39 is 12.1 Å². The molecule has 1 aliphatic heterocycles. The molecule has 9 heteroatoms. The van der Waals surface area contributed by atoms with Crippen LogP contribution in [-0.2, 0) is 6.54 Å². The maximum absolute atomic E-state index is 13.8. The highest BCUT2D eigenvalue weighted by Crippen LogP contribution is 2.35. The van der Waals surface area contributed by atoms with E-state index in [4.69, 9.17) is 9.47 Å². The van der Waals surface area contributed by atoms with Crippen molar-refractivity contribution in [1.82, 2.24) is 9.80 Å². The van der Waals surface area contributed by atoms with Gasteiger partial charge in [-0.1, -0.05) is 67.6 Å². The van der Waals surface area contributed by atoms with Crippen molar-refractivity contribution in [2.24, 2.45) is 5.92 Å². The smallest absolute Gasteiger partial charge is 0.323 e. The molecule has 0 fully saturated rings. The van der Waals surface area contributed by atoms with Crippen LogP contribution in [0.5, 0.6) is 11.5 Å². The van der Waals surface area contributed by atoms with Crippen molar-refractivity contribution in [3.05, 3.63) is 108 Å². The molecule has 240 valence electrons. The Hall–Kier alpha value is -4.86. The first-order chi connectivity index (χ1) is 22.2. The molecule has 0 spiro atoms. The van der Waals surface area contributed by atoms with Crippen LogP contribution in [0.4, 0.5) is 16.2 Å². The highest BCUT2D eigenvalue weighted by Gasteiger charge is 2.34. The van der Waals surface area contributed by atoms with Gasteiger partial charge in [0.25, 0.3) is 5.91 Å². The van der Waals surface area contributed by atoms with Crippen LogP contribution < -0.4 is 20.1 Å². The van der Waals surface area contributed by atoms with Gasteiger partial charge in [-0.05, 0) is 67.1 Å². The highest BCUT2D eigenvalue weighted by molar-refractivity contribution is 6.04. The molecule has 0 saturated heterocycles. The van der Waals surface area contributed by atoms with Gasteiger partial charge in [-0.3, -0.25) is 9.69 Å². The first-order valence-corrected chi connectivity index (χ1v) is 15.5. The molecule has 3 N–H and O–H groups in total. The number of ether oxygens (including phenoxy) is 2. The molecule has 46 heavy (non-hydrogen) atoms. The fourth-order valence-electron chi connectivity index (χ4n) is 5.64. The lowest BCUT2D eigenvalue weighted by atomic mass is 9.98. The lowest BCUT2D eigenvalue weighted by Crippen LogP contribution is -2.49. The van der Waals surface area contributed by atoms with Gasteiger partial charge >= 0.3 is 6.03 Å². The van der Waals surface area contributed by atoms with Gasteiger partial charge in [-0.15, -0.1) is 0 Å². The Morgan fingerprint density at radius 3 is 2.35 bits per heavy atom. The Kier molecular flexibility index (Phi) is 10.6. The van der Waals surface area contributed by atoms with E-state index in [1.807, 2.05) is 32.2 Å². The zero-order valence-corrected chi connectivity index (χ0v) is 26.8. The summed E-state index contributed by atoms with van der Waals surface area (Å²) < 4.78 is 11.9. The summed E-state index contributed by atoms with van der Waals surface area (Å²) in [6.45, 7) is 5.41. The molecular weight excluding hydrogens is 580 g/mol. The number of anilines is 2. The lowest BCUT2D eigenvalue weighted by molar-refractivity contribution is 0.0343. The zero-order valence-electron chi connectivity index (χ0n) is 26.8. The number of methoxy groups -OCH3 is 1. The largest absolute Gasteiger partial charge is 0.497 e. The molecule has 0 aliphatic carbocycles. The first-order valence-electron chi connectivity index (χ1n) is 15.5. The molecule has 3 amide bonds. The van der Waals surface area contributed by atoms with Crippen LogP contribution in [0, 0.1) is 5.92 Å². The minimum absolute atomic E-state index is 0.0739. The molecule has 0 unspecified atom stereocenters. The van der Waals surface area contributed by atoms with E-state index >= 15 is 0 Å². The van der Waals surface area contributed by atoms with E-state index in [-0.39, 0.29) is 24.5 Å². The number of benzene rings is 4. The molecule has 0 saturated carbocycles. The van der Waals surface area contributed by atoms with E-state index in [0.717, 1.165) is 0 Å². The molecule has 3 atom stereocenters. The van der Waals surface area contributed by atoms with Gasteiger partial charge in [0.2, 0.25) is 0 Å². The molecule has 0 radical (unpaired) electrons. The van der Waals surface area contributed by atoms with Crippen LogP contribution in [0.1, 0.15) is 29.8 Å². The number of nitrogens with zero attached hydrogens (tertiary/aromatic N) is 2. The number of hydrogen-bond acceptors (Lipinski definition) is 6. The van der Waals surface area contributed by atoms with Crippen LogP contribution in [0.15, 0.2) is 97.1 Å². The van der Waals surface area contributed by atoms with Gasteiger partial charge in [-0.25, -0.2) is 4.79 Å². The summed E-state index contributed by atoms with van der Waals surface area (Å²) >= 11 is 0. The third-order valence-electron chi connectivity index (χ3n) is 8.29. The zero-order chi connectivity index (χ0) is 32.6. The van der Waals surface area contributed by atoms with E-state index in [1.54, 1.807) is 54.5 Å². The number of amides is 3. The predicted molar refractivity (Wildman–Crippen MR) is 181 cm³/mol. The summed E-state index contributed by atoms with van der Waals surface area (Å²) in [4.78, 5) is 30.8. The standard InChI is InChI=1S/C37H42N4O5/c1-25-21-41(26(2)24-42)36(43)32-11-8-12-33(39-37(44)38-30-17-19-31(45-4)20-18-30)35(32)46-34(25)23-40(3)22-27-13-15-29(16-14-27)28-9-6-5-7-10-28/h5-20,25-26,34,42H,21-24H2,1-4H3,(H2,38,39,44)/t25-,26-,34+/m1/s1. The van der Waals surface area contributed by atoms with E-state index in [9.17, 15) is 14.7 Å². The van der Waals surface area contributed by atoms with Gasteiger partial charge in [0, 0.05) is 31.2 Å². The molecule has 5 rings (SSSR count). The summed E-state index contributed by atoms with van der Waals surface area (Å²) in [6, 6.07) is 30.1.